The van der Waals surface area contributed by atoms with Crippen molar-refractivity contribution in [1.29, 1.82) is 0 Å². The summed E-state index contributed by atoms with van der Waals surface area (Å²) in [5, 5.41) is 4.43. The van der Waals surface area contributed by atoms with Crippen molar-refractivity contribution in [3.05, 3.63) is 0 Å². The fourth-order valence-electron chi connectivity index (χ4n) is 3.89. The lowest BCUT2D eigenvalue weighted by Gasteiger charge is -2.35. The lowest BCUT2D eigenvalue weighted by molar-refractivity contribution is 0.176. The van der Waals surface area contributed by atoms with Crippen LogP contribution in [0, 0.1) is 0 Å². The Bertz CT molecular complexity index is 267. The summed E-state index contributed by atoms with van der Waals surface area (Å²) in [6, 6.07) is 0.842. The van der Waals surface area contributed by atoms with Gasteiger partial charge in [-0.05, 0) is 64.8 Å². The molecule has 3 rings (SSSR count). The summed E-state index contributed by atoms with van der Waals surface area (Å²) < 4.78 is 0. The molecule has 1 atom stereocenters. The average molecular weight is 298 g/mol. The Kier molecular flexibility index (Phi) is 6.07. The van der Waals surface area contributed by atoms with Crippen LogP contribution in [0.3, 0.4) is 0 Å². The molecule has 20 heavy (non-hydrogen) atoms. The van der Waals surface area contributed by atoms with Crippen molar-refractivity contribution in [3.8, 4) is 0 Å². The van der Waals surface area contributed by atoms with Gasteiger partial charge in [-0.2, -0.15) is 11.8 Å². The number of nitrogens with one attached hydrogen (secondary N) is 1. The molecule has 0 spiro atoms. The van der Waals surface area contributed by atoms with Gasteiger partial charge in [0.05, 0.1) is 0 Å². The Morgan fingerprint density at radius 3 is 2.45 bits per heavy atom. The van der Waals surface area contributed by atoms with Crippen molar-refractivity contribution in [2.24, 2.45) is 0 Å². The van der Waals surface area contributed by atoms with Crippen LogP contribution in [0.5, 0.6) is 0 Å². The molecule has 4 heteroatoms. The van der Waals surface area contributed by atoms with E-state index in [9.17, 15) is 0 Å². The normalized spacial score (nSPS) is 30.9. The van der Waals surface area contributed by atoms with Gasteiger partial charge in [0.15, 0.2) is 0 Å². The number of hydrogen-bond donors (Lipinski definition) is 1. The first-order chi connectivity index (χ1) is 9.92. The van der Waals surface area contributed by atoms with Crippen LogP contribution < -0.4 is 5.32 Å². The number of hydrogen-bond acceptors (Lipinski definition) is 4. The van der Waals surface area contributed by atoms with E-state index in [1.54, 1.807) is 0 Å². The summed E-state index contributed by atoms with van der Waals surface area (Å²) in [4.78, 5) is 5.41. The summed E-state index contributed by atoms with van der Waals surface area (Å²) >= 11 is 2.25. The summed E-state index contributed by atoms with van der Waals surface area (Å²) in [6.45, 7) is 9.18. The zero-order valence-electron chi connectivity index (χ0n) is 12.9. The van der Waals surface area contributed by atoms with E-state index >= 15 is 0 Å². The molecule has 3 fully saturated rings. The number of likely N-dealkylation sites (tertiary alicyclic amines) is 2. The van der Waals surface area contributed by atoms with E-state index in [1.165, 1.54) is 90.1 Å². The maximum absolute atomic E-state index is 3.50. The summed E-state index contributed by atoms with van der Waals surface area (Å²) in [7, 11) is 0. The second-order valence-electron chi connectivity index (χ2n) is 6.66. The minimum absolute atomic E-state index is 0.842. The maximum atomic E-state index is 3.50. The van der Waals surface area contributed by atoms with Gasteiger partial charge in [-0.1, -0.05) is 6.42 Å². The van der Waals surface area contributed by atoms with Crippen LogP contribution in [0.25, 0.3) is 0 Å². The lowest BCUT2D eigenvalue weighted by atomic mass is 10.1. The molecule has 0 aliphatic carbocycles. The van der Waals surface area contributed by atoms with Crippen LogP contribution in [0.1, 0.15) is 38.5 Å². The van der Waals surface area contributed by atoms with Gasteiger partial charge in [-0.25, -0.2) is 0 Å². The third kappa shape index (κ3) is 4.36. The Morgan fingerprint density at radius 1 is 0.950 bits per heavy atom. The molecule has 3 nitrogen and oxygen atoms in total. The molecule has 3 aliphatic heterocycles. The first-order valence-electron chi connectivity index (χ1n) is 8.70. The molecule has 3 heterocycles. The molecule has 3 aliphatic rings. The van der Waals surface area contributed by atoms with E-state index in [2.05, 4.69) is 26.9 Å². The van der Waals surface area contributed by atoms with Gasteiger partial charge in [0, 0.05) is 30.1 Å². The summed E-state index contributed by atoms with van der Waals surface area (Å²) in [5.74, 6) is 1.36. The van der Waals surface area contributed by atoms with Gasteiger partial charge in [0.25, 0.3) is 0 Å². The second kappa shape index (κ2) is 8.02. The number of rotatable bonds is 5. The molecule has 0 bridgehead atoms. The smallest absolute Gasteiger partial charge is 0.0232 e. The Labute approximate surface area is 128 Å². The lowest BCUT2D eigenvalue weighted by Crippen LogP contribution is -2.43. The van der Waals surface area contributed by atoms with Crippen LogP contribution in [0.2, 0.25) is 0 Å². The van der Waals surface area contributed by atoms with Crippen LogP contribution in [-0.2, 0) is 0 Å². The van der Waals surface area contributed by atoms with Crippen LogP contribution in [-0.4, -0.2) is 72.7 Å². The SMILES string of the molecule is C1CCN(CCSC2CCN(C3CCNC3)CC2)CC1. The van der Waals surface area contributed by atoms with Crippen molar-refractivity contribution in [2.75, 3.05) is 51.6 Å². The topological polar surface area (TPSA) is 18.5 Å². The molecule has 0 aromatic carbocycles. The molecule has 0 radical (unpaired) electrons. The van der Waals surface area contributed by atoms with Crippen molar-refractivity contribution in [3.63, 3.8) is 0 Å². The fourth-order valence-corrected chi connectivity index (χ4v) is 5.13. The van der Waals surface area contributed by atoms with Crippen LogP contribution in [0.4, 0.5) is 0 Å². The minimum Gasteiger partial charge on any atom is -0.315 e. The van der Waals surface area contributed by atoms with Gasteiger partial charge in [0.1, 0.15) is 0 Å². The zero-order chi connectivity index (χ0) is 13.6. The second-order valence-corrected chi connectivity index (χ2v) is 8.06. The van der Waals surface area contributed by atoms with Crippen LogP contribution >= 0.6 is 11.8 Å². The van der Waals surface area contributed by atoms with E-state index in [0.717, 1.165) is 11.3 Å². The fraction of sp³-hybridized carbons (Fsp3) is 1.00. The number of thioether (sulfide) groups is 1. The predicted octanol–water partition coefficient (Wildman–Crippen LogP) is 2.03. The number of piperidine rings is 2. The van der Waals surface area contributed by atoms with E-state index in [1.807, 2.05) is 0 Å². The highest BCUT2D eigenvalue weighted by molar-refractivity contribution is 7.99. The van der Waals surface area contributed by atoms with E-state index in [4.69, 9.17) is 0 Å². The van der Waals surface area contributed by atoms with Gasteiger partial charge < -0.3 is 10.2 Å². The maximum Gasteiger partial charge on any atom is 0.0232 e. The van der Waals surface area contributed by atoms with Crippen molar-refractivity contribution in [2.45, 2.75) is 49.8 Å². The quantitative estimate of drug-likeness (QED) is 0.836. The third-order valence-electron chi connectivity index (χ3n) is 5.24. The predicted molar refractivity (Wildman–Crippen MR) is 88.6 cm³/mol. The van der Waals surface area contributed by atoms with Crippen molar-refractivity contribution >= 4 is 11.8 Å². The molecule has 0 saturated carbocycles. The van der Waals surface area contributed by atoms with Crippen LogP contribution in [0.15, 0.2) is 0 Å². The molecular weight excluding hydrogens is 266 g/mol. The Hall–Kier alpha value is 0.230. The molecule has 1 unspecified atom stereocenters. The zero-order valence-corrected chi connectivity index (χ0v) is 13.7. The van der Waals surface area contributed by atoms with Gasteiger partial charge in [-0.3, -0.25) is 4.90 Å². The molecule has 3 saturated heterocycles. The monoisotopic (exact) mass is 297 g/mol. The Morgan fingerprint density at radius 2 is 1.75 bits per heavy atom. The standard InChI is InChI=1S/C16H31N3S/c1-2-8-18(9-3-1)12-13-20-16-5-10-19(11-6-16)15-4-7-17-14-15/h15-17H,1-14H2. The Balaban J connectivity index is 1.28. The van der Waals surface area contributed by atoms with Gasteiger partial charge in [-0.15, -0.1) is 0 Å². The highest BCUT2D eigenvalue weighted by Crippen LogP contribution is 2.25. The average Bonchev–Trinajstić information content (AvgIpc) is 3.03. The first-order valence-corrected chi connectivity index (χ1v) is 9.75. The molecule has 0 aromatic heterocycles. The van der Waals surface area contributed by atoms with Gasteiger partial charge in [0.2, 0.25) is 0 Å². The molecular formula is C16H31N3S. The van der Waals surface area contributed by atoms with E-state index in [-0.39, 0.29) is 0 Å². The van der Waals surface area contributed by atoms with E-state index in [0.29, 0.717) is 0 Å². The highest BCUT2D eigenvalue weighted by Gasteiger charge is 2.27. The molecule has 0 aromatic rings. The van der Waals surface area contributed by atoms with E-state index < -0.39 is 0 Å². The number of nitrogens with zero attached hydrogens (tertiary/aromatic N) is 2. The summed E-state index contributed by atoms with van der Waals surface area (Å²) in [5.41, 5.74) is 0. The van der Waals surface area contributed by atoms with Gasteiger partial charge >= 0.3 is 0 Å². The van der Waals surface area contributed by atoms with Crippen molar-refractivity contribution in [1.82, 2.24) is 15.1 Å². The molecule has 0 amide bonds. The third-order valence-corrected chi connectivity index (χ3v) is 6.60. The summed E-state index contributed by atoms with van der Waals surface area (Å²) in [6.07, 6.45) is 8.52. The highest BCUT2D eigenvalue weighted by atomic mass is 32.2. The van der Waals surface area contributed by atoms with Crippen molar-refractivity contribution < 1.29 is 0 Å². The minimum atomic E-state index is 0.842. The molecule has 116 valence electrons. The molecule has 1 N–H and O–H groups in total. The largest absolute Gasteiger partial charge is 0.315 e. The first kappa shape index (κ1) is 15.1.